The van der Waals surface area contributed by atoms with E-state index in [1.54, 1.807) is 6.08 Å². The van der Waals surface area contributed by atoms with Gasteiger partial charge in [-0.25, -0.2) is 0 Å². The van der Waals surface area contributed by atoms with Crippen molar-refractivity contribution < 1.29 is 28.6 Å². The van der Waals surface area contributed by atoms with Gasteiger partial charge < -0.3 is 14.2 Å². The van der Waals surface area contributed by atoms with Crippen LogP contribution in [0.25, 0.3) is 0 Å². The maximum absolute atomic E-state index is 12.8. The van der Waals surface area contributed by atoms with E-state index in [0.717, 1.165) is 70.6 Å². The van der Waals surface area contributed by atoms with Crippen LogP contribution in [0.15, 0.2) is 109 Å². The van der Waals surface area contributed by atoms with E-state index in [2.05, 4.69) is 106 Å². The molecular formula is C64H106O6. The molecule has 70 heavy (non-hydrogen) atoms. The van der Waals surface area contributed by atoms with E-state index < -0.39 is 12.1 Å². The molecule has 398 valence electrons. The molecule has 0 N–H and O–H groups in total. The van der Waals surface area contributed by atoms with E-state index in [9.17, 15) is 14.4 Å². The minimum atomic E-state index is -0.861. The Balaban J connectivity index is 4.40. The van der Waals surface area contributed by atoms with E-state index in [0.29, 0.717) is 19.3 Å². The number of esters is 3. The highest BCUT2D eigenvalue weighted by molar-refractivity contribution is 5.72. The van der Waals surface area contributed by atoms with Crippen molar-refractivity contribution >= 4 is 17.9 Å². The summed E-state index contributed by atoms with van der Waals surface area (Å²) < 4.78 is 16.7. The third kappa shape index (κ3) is 55.0. The van der Waals surface area contributed by atoms with Crippen LogP contribution in [0.3, 0.4) is 0 Å². The van der Waals surface area contributed by atoms with Gasteiger partial charge in [-0.1, -0.05) is 278 Å². The lowest BCUT2D eigenvalue weighted by atomic mass is 10.0. The normalized spacial score (nSPS) is 12.9. The van der Waals surface area contributed by atoms with Gasteiger partial charge in [0.2, 0.25) is 0 Å². The average Bonchev–Trinajstić information content (AvgIpc) is 3.36. The first kappa shape index (κ1) is 66.1. The van der Waals surface area contributed by atoms with Crippen LogP contribution in [0.1, 0.15) is 258 Å². The number of unbranched alkanes of at least 4 members (excludes halogenated alkanes) is 23. The predicted molar refractivity (Wildman–Crippen MR) is 302 cm³/mol. The maximum Gasteiger partial charge on any atom is 0.310 e. The number of rotatable bonds is 51. The van der Waals surface area contributed by atoms with Gasteiger partial charge in [-0.3, -0.25) is 14.4 Å². The fraction of sp³-hybridized carbons (Fsp3) is 0.672. The molecule has 0 rings (SSSR count). The van der Waals surface area contributed by atoms with Crippen molar-refractivity contribution in [2.24, 2.45) is 0 Å². The molecule has 0 bridgehead atoms. The van der Waals surface area contributed by atoms with E-state index >= 15 is 0 Å². The number of hydrogen-bond donors (Lipinski definition) is 0. The van der Waals surface area contributed by atoms with Crippen LogP contribution in [0, 0.1) is 0 Å². The van der Waals surface area contributed by atoms with Gasteiger partial charge in [0.05, 0.1) is 6.42 Å². The Labute approximate surface area is 431 Å². The van der Waals surface area contributed by atoms with Crippen LogP contribution in [0.4, 0.5) is 0 Å². The number of allylic oxidation sites excluding steroid dienone is 17. The Morgan fingerprint density at radius 1 is 0.314 bits per heavy atom. The smallest absolute Gasteiger partial charge is 0.310 e. The lowest BCUT2D eigenvalue weighted by molar-refractivity contribution is -0.166. The Morgan fingerprint density at radius 3 is 0.943 bits per heavy atom. The van der Waals surface area contributed by atoms with Crippen molar-refractivity contribution in [1.82, 2.24) is 0 Å². The fourth-order valence-electron chi connectivity index (χ4n) is 7.83. The monoisotopic (exact) mass is 971 g/mol. The summed E-state index contributed by atoms with van der Waals surface area (Å²) in [6.07, 6.45) is 78.6. The molecule has 0 aliphatic carbocycles. The molecule has 1 atom stereocenters. The van der Waals surface area contributed by atoms with Gasteiger partial charge in [-0.15, -0.1) is 0 Å². The third-order valence-corrected chi connectivity index (χ3v) is 12.1. The Bertz CT molecular complexity index is 1440. The number of hydrogen-bond acceptors (Lipinski definition) is 6. The fourth-order valence-corrected chi connectivity index (χ4v) is 7.83. The van der Waals surface area contributed by atoms with E-state index in [1.807, 2.05) is 18.2 Å². The SMILES string of the molecule is CC/C=C\C/C=C\C/C=C\C/C=C\C/C=C\CC(=O)OC(COC(=O)CC/C=C\C/C=C\C/C=C\C/C=C\CC)COC(=O)CCCCCCCCCCCCCCCCCCCCCCCCCC. The Morgan fingerprint density at radius 2 is 0.600 bits per heavy atom. The topological polar surface area (TPSA) is 78.9 Å². The largest absolute Gasteiger partial charge is 0.462 e. The van der Waals surface area contributed by atoms with Crippen molar-refractivity contribution in [3.8, 4) is 0 Å². The lowest BCUT2D eigenvalue weighted by Crippen LogP contribution is -2.30. The molecular weight excluding hydrogens is 865 g/mol. The maximum atomic E-state index is 12.8. The molecule has 0 aromatic heterocycles. The summed E-state index contributed by atoms with van der Waals surface area (Å²) in [5.74, 6) is -1.15. The summed E-state index contributed by atoms with van der Waals surface area (Å²) in [4.78, 5) is 38.0. The molecule has 0 aliphatic rings. The number of carbonyl (C=O) groups excluding carboxylic acids is 3. The van der Waals surface area contributed by atoms with Gasteiger partial charge in [0.15, 0.2) is 6.10 Å². The summed E-state index contributed by atoms with van der Waals surface area (Å²) in [5, 5.41) is 0. The molecule has 1 unspecified atom stereocenters. The van der Waals surface area contributed by atoms with Crippen LogP contribution in [-0.2, 0) is 28.6 Å². The molecule has 0 spiro atoms. The molecule has 0 fully saturated rings. The quantitative estimate of drug-likeness (QED) is 0.0262. The zero-order valence-electron chi connectivity index (χ0n) is 45.5. The molecule has 0 aromatic carbocycles. The Kier molecular flexibility index (Phi) is 54.4. The van der Waals surface area contributed by atoms with E-state index in [1.165, 1.54) is 135 Å². The van der Waals surface area contributed by atoms with Crippen molar-refractivity contribution in [2.75, 3.05) is 13.2 Å². The molecule has 0 aliphatic heterocycles. The van der Waals surface area contributed by atoms with Crippen LogP contribution >= 0.6 is 0 Å². The van der Waals surface area contributed by atoms with Gasteiger partial charge in [0, 0.05) is 12.8 Å². The minimum absolute atomic E-state index is 0.0806. The van der Waals surface area contributed by atoms with Crippen molar-refractivity contribution in [3.05, 3.63) is 109 Å². The highest BCUT2D eigenvalue weighted by atomic mass is 16.6. The summed E-state index contributed by atoms with van der Waals surface area (Å²) >= 11 is 0. The van der Waals surface area contributed by atoms with Crippen LogP contribution in [0.5, 0.6) is 0 Å². The Hall–Kier alpha value is -3.93. The van der Waals surface area contributed by atoms with Crippen LogP contribution in [-0.4, -0.2) is 37.2 Å². The highest BCUT2D eigenvalue weighted by Crippen LogP contribution is 2.16. The molecule has 0 heterocycles. The first-order valence-corrected chi connectivity index (χ1v) is 28.9. The molecule has 0 radical (unpaired) electrons. The van der Waals surface area contributed by atoms with Crippen LogP contribution < -0.4 is 0 Å². The summed E-state index contributed by atoms with van der Waals surface area (Å²) in [5.41, 5.74) is 0. The summed E-state index contributed by atoms with van der Waals surface area (Å²) in [6.45, 7) is 6.27. The first-order valence-electron chi connectivity index (χ1n) is 28.9. The second-order valence-electron chi connectivity index (χ2n) is 18.8. The first-order chi connectivity index (χ1) is 34.5. The number of ether oxygens (including phenoxy) is 3. The summed E-state index contributed by atoms with van der Waals surface area (Å²) in [6, 6.07) is 0. The second-order valence-corrected chi connectivity index (χ2v) is 18.8. The van der Waals surface area contributed by atoms with Gasteiger partial charge in [-0.2, -0.15) is 0 Å². The van der Waals surface area contributed by atoms with Gasteiger partial charge >= 0.3 is 17.9 Å². The molecule has 0 amide bonds. The molecule has 0 aromatic rings. The minimum Gasteiger partial charge on any atom is -0.462 e. The van der Waals surface area contributed by atoms with E-state index in [-0.39, 0.29) is 38.0 Å². The molecule has 0 saturated carbocycles. The van der Waals surface area contributed by atoms with Gasteiger partial charge in [-0.05, 0) is 70.6 Å². The molecule has 0 saturated heterocycles. The predicted octanol–water partition coefficient (Wildman–Crippen LogP) is 19.5. The zero-order chi connectivity index (χ0) is 50.7. The average molecular weight is 972 g/mol. The van der Waals surface area contributed by atoms with Crippen molar-refractivity contribution in [1.29, 1.82) is 0 Å². The zero-order valence-corrected chi connectivity index (χ0v) is 45.5. The number of carbonyl (C=O) groups is 3. The van der Waals surface area contributed by atoms with Crippen LogP contribution in [0.2, 0.25) is 0 Å². The van der Waals surface area contributed by atoms with Crippen molar-refractivity contribution in [2.45, 2.75) is 264 Å². The molecule has 6 heteroatoms. The van der Waals surface area contributed by atoms with Gasteiger partial charge in [0.1, 0.15) is 13.2 Å². The van der Waals surface area contributed by atoms with Crippen molar-refractivity contribution in [3.63, 3.8) is 0 Å². The standard InChI is InChI=1S/C64H106O6/c1-4-7-10-13-16-19-22-25-27-28-29-30-31-32-33-34-35-37-39-42-45-48-51-54-57-63(66)69-60-61(59-68-62(65)56-53-50-47-44-41-38-24-21-18-15-12-9-6-3)70-64(67)58-55-52-49-46-43-40-36-26-23-20-17-14-11-8-5-2/h8-9,11-12,17-18,20-21,26,36,38,41,43,46-47,50,52,55,61H,4-7,10,13-16,19,22-25,27-35,37,39-40,42,44-45,48-49,51,53-54,56-60H2,1-3H3/b11-8-,12-9-,20-17-,21-18-,36-26-,41-38-,46-43-,50-47-,55-52-. The highest BCUT2D eigenvalue weighted by Gasteiger charge is 2.19. The second kappa shape index (κ2) is 57.6. The van der Waals surface area contributed by atoms with Gasteiger partial charge in [0.25, 0.3) is 0 Å². The van der Waals surface area contributed by atoms with E-state index in [4.69, 9.17) is 14.2 Å². The molecule has 6 nitrogen and oxygen atoms in total. The summed E-state index contributed by atoms with van der Waals surface area (Å²) in [7, 11) is 0. The third-order valence-electron chi connectivity index (χ3n) is 12.1. The lowest BCUT2D eigenvalue weighted by Gasteiger charge is -2.18.